The zero-order valence-corrected chi connectivity index (χ0v) is 16.3. The number of nitrogens with zero attached hydrogens (tertiary/aromatic N) is 2. The van der Waals surface area contributed by atoms with Crippen molar-refractivity contribution < 1.29 is 14.3 Å². The van der Waals surface area contributed by atoms with Gasteiger partial charge in [-0.15, -0.1) is 0 Å². The van der Waals surface area contributed by atoms with Crippen LogP contribution in [0.5, 0.6) is 5.75 Å². The molecule has 0 spiro atoms. The number of ether oxygens (including phenoxy) is 2. The summed E-state index contributed by atoms with van der Waals surface area (Å²) in [5.74, 6) is 0.906. The standard InChI is InChI=1S/C22H23N3O4/c1-28-16-7-4-6-15(12-16)22(27)25(13-17-8-5-11-29-17)14-20-23-19-10-3-2-9-18(19)21(26)24-20/h2-4,6-7,9-10,12,17H,5,8,11,13-14H2,1H3,(H,23,24,26). The van der Waals surface area contributed by atoms with E-state index in [1.54, 1.807) is 54.5 Å². The minimum Gasteiger partial charge on any atom is -0.497 e. The molecule has 0 radical (unpaired) electrons. The quantitative estimate of drug-likeness (QED) is 0.696. The number of hydrogen-bond donors (Lipinski definition) is 1. The van der Waals surface area contributed by atoms with Crippen LogP contribution in [0.1, 0.15) is 29.0 Å². The van der Waals surface area contributed by atoms with Gasteiger partial charge in [0.1, 0.15) is 11.6 Å². The van der Waals surface area contributed by atoms with Crippen LogP contribution in [0.25, 0.3) is 10.9 Å². The zero-order valence-electron chi connectivity index (χ0n) is 16.3. The molecule has 2 heterocycles. The Balaban J connectivity index is 1.65. The lowest BCUT2D eigenvalue weighted by Gasteiger charge is -2.25. The molecular weight excluding hydrogens is 370 g/mol. The van der Waals surface area contributed by atoms with Crippen LogP contribution in [-0.2, 0) is 11.3 Å². The van der Waals surface area contributed by atoms with E-state index >= 15 is 0 Å². The van der Waals surface area contributed by atoms with Gasteiger partial charge in [-0.2, -0.15) is 0 Å². The van der Waals surface area contributed by atoms with Gasteiger partial charge in [0.25, 0.3) is 11.5 Å². The molecule has 0 saturated carbocycles. The first-order valence-electron chi connectivity index (χ1n) is 9.67. The molecule has 0 bridgehead atoms. The van der Waals surface area contributed by atoms with E-state index in [1.165, 1.54) is 0 Å². The predicted octanol–water partition coefficient (Wildman–Crippen LogP) is 2.75. The summed E-state index contributed by atoms with van der Waals surface area (Å²) >= 11 is 0. The monoisotopic (exact) mass is 393 g/mol. The third kappa shape index (κ3) is 4.30. The normalized spacial score (nSPS) is 16.1. The lowest BCUT2D eigenvalue weighted by atomic mass is 10.1. The first-order valence-corrected chi connectivity index (χ1v) is 9.67. The average Bonchev–Trinajstić information content (AvgIpc) is 3.26. The number of para-hydroxylation sites is 1. The fourth-order valence-electron chi connectivity index (χ4n) is 3.58. The summed E-state index contributed by atoms with van der Waals surface area (Å²) < 4.78 is 11.0. The zero-order chi connectivity index (χ0) is 20.2. The Kier molecular flexibility index (Phi) is 5.57. The number of methoxy groups -OCH3 is 1. The lowest BCUT2D eigenvalue weighted by Crippen LogP contribution is -2.37. The summed E-state index contributed by atoms with van der Waals surface area (Å²) in [6.45, 7) is 1.33. The number of aromatic nitrogens is 2. The number of fused-ring (bicyclic) bond motifs is 1. The minimum absolute atomic E-state index is 0.0169. The van der Waals surface area contributed by atoms with Crippen molar-refractivity contribution in [2.24, 2.45) is 0 Å². The Bertz CT molecular complexity index is 1070. The summed E-state index contributed by atoms with van der Waals surface area (Å²) in [5, 5.41) is 0.529. The van der Waals surface area contributed by atoms with E-state index in [1.807, 2.05) is 6.07 Å². The summed E-state index contributed by atoms with van der Waals surface area (Å²) in [6.07, 6.45) is 1.87. The molecule has 1 amide bonds. The van der Waals surface area contributed by atoms with E-state index in [2.05, 4.69) is 9.97 Å². The number of benzene rings is 2. The molecule has 1 aliphatic rings. The highest BCUT2D eigenvalue weighted by Gasteiger charge is 2.24. The Morgan fingerprint density at radius 3 is 2.93 bits per heavy atom. The van der Waals surface area contributed by atoms with Crippen molar-refractivity contribution in [3.63, 3.8) is 0 Å². The van der Waals surface area contributed by atoms with Crippen LogP contribution in [0.2, 0.25) is 0 Å². The van der Waals surface area contributed by atoms with Crippen molar-refractivity contribution in [2.75, 3.05) is 20.3 Å². The van der Waals surface area contributed by atoms with Gasteiger partial charge in [-0.1, -0.05) is 18.2 Å². The number of carbonyl (C=O) groups excluding carboxylic acids is 1. The van der Waals surface area contributed by atoms with Crippen LogP contribution < -0.4 is 10.3 Å². The SMILES string of the molecule is COc1cccc(C(=O)N(Cc2nc3ccccc3c(=O)[nH]2)CC2CCCO2)c1. The van der Waals surface area contributed by atoms with Crippen LogP contribution in [-0.4, -0.2) is 47.1 Å². The smallest absolute Gasteiger partial charge is 0.258 e. The molecule has 1 unspecified atom stereocenters. The maximum atomic E-state index is 13.2. The number of nitrogens with one attached hydrogen (secondary N) is 1. The molecule has 7 heteroatoms. The maximum absolute atomic E-state index is 13.2. The van der Waals surface area contributed by atoms with Crippen LogP contribution in [0.4, 0.5) is 0 Å². The summed E-state index contributed by atoms with van der Waals surface area (Å²) in [5.41, 5.74) is 0.916. The number of aromatic amines is 1. The fourth-order valence-corrected chi connectivity index (χ4v) is 3.58. The van der Waals surface area contributed by atoms with Gasteiger partial charge >= 0.3 is 0 Å². The lowest BCUT2D eigenvalue weighted by molar-refractivity contribution is 0.0501. The third-order valence-corrected chi connectivity index (χ3v) is 5.05. The van der Waals surface area contributed by atoms with Gasteiger partial charge < -0.3 is 19.4 Å². The Morgan fingerprint density at radius 2 is 2.14 bits per heavy atom. The summed E-state index contributed by atoms with van der Waals surface area (Å²) in [7, 11) is 1.57. The van der Waals surface area contributed by atoms with Gasteiger partial charge in [-0.05, 0) is 43.2 Å². The first kappa shape index (κ1) is 19.1. The molecule has 29 heavy (non-hydrogen) atoms. The number of hydrogen-bond acceptors (Lipinski definition) is 5. The fraction of sp³-hybridized carbons (Fsp3) is 0.318. The number of amides is 1. The van der Waals surface area contributed by atoms with E-state index in [0.29, 0.717) is 41.2 Å². The van der Waals surface area contributed by atoms with Gasteiger partial charge in [0.05, 0.1) is 30.7 Å². The molecule has 4 rings (SSSR count). The van der Waals surface area contributed by atoms with Gasteiger partial charge in [0.2, 0.25) is 0 Å². The molecule has 1 saturated heterocycles. The summed E-state index contributed by atoms with van der Waals surface area (Å²) in [4.78, 5) is 34.7. The number of carbonyl (C=O) groups is 1. The second-order valence-corrected chi connectivity index (χ2v) is 7.08. The minimum atomic E-state index is -0.212. The molecule has 0 aliphatic carbocycles. The highest BCUT2D eigenvalue weighted by atomic mass is 16.5. The molecule has 2 aromatic carbocycles. The van der Waals surface area contributed by atoms with Crippen LogP contribution >= 0.6 is 0 Å². The van der Waals surface area contributed by atoms with Gasteiger partial charge in [-0.25, -0.2) is 4.98 Å². The number of rotatable bonds is 6. The molecule has 1 fully saturated rings. The first-order chi connectivity index (χ1) is 14.1. The summed E-state index contributed by atoms with van der Waals surface area (Å²) in [6, 6.07) is 14.2. The molecule has 1 aliphatic heterocycles. The number of H-pyrrole nitrogens is 1. The molecular formula is C22H23N3O4. The largest absolute Gasteiger partial charge is 0.497 e. The topological polar surface area (TPSA) is 84.5 Å². The highest BCUT2D eigenvalue weighted by molar-refractivity contribution is 5.94. The van der Waals surface area contributed by atoms with E-state index in [-0.39, 0.29) is 24.1 Å². The van der Waals surface area contributed by atoms with Gasteiger partial charge in [0, 0.05) is 18.7 Å². The van der Waals surface area contributed by atoms with Gasteiger partial charge in [-0.3, -0.25) is 9.59 Å². The Morgan fingerprint density at radius 1 is 1.28 bits per heavy atom. The van der Waals surface area contributed by atoms with Crippen LogP contribution in [0.3, 0.4) is 0 Å². The third-order valence-electron chi connectivity index (χ3n) is 5.05. The second kappa shape index (κ2) is 8.45. The maximum Gasteiger partial charge on any atom is 0.258 e. The Labute approximate surface area is 168 Å². The van der Waals surface area contributed by atoms with Crippen molar-refractivity contribution in [3.05, 3.63) is 70.3 Å². The molecule has 1 atom stereocenters. The molecule has 1 aromatic heterocycles. The van der Waals surface area contributed by atoms with Crippen LogP contribution in [0.15, 0.2) is 53.3 Å². The van der Waals surface area contributed by atoms with Gasteiger partial charge in [0.15, 0.2) is 0 Å². The highest BCUT2D eigenvalue weighted by Crippen LogP contribution is 2.19. The molecule has 150 valence electrons. The van der Waals surface area contributed by atoms with E-state index in [4.69, 9.17) is 9.47 Å². The van der Waals surface area contributed by atoms with Crippen molar-refractivity contribution in [3.8, 4) is 5.75 Å². The van der Waals surface area contributed by atoms with E-state index in [9.17, 15) is 9.59 Å². The van der Waals surface area contributed by atoms with Crippen molar-refractivity contribution in [1.82, 2.24) is 14.9 Å². The average molecular weight is 393 g/mol. The molecule has 3 aromatic rings. The van der Waals surface area contributed by atoms with Crippen molar-refractivity contribution >= 4 is 16.8 Å². The Hall–Kier alpha value is -3.19. The van der Waals surface area contributed by atoms with Crippen molar-refractivity contribution in [1.29, 1.82) is 0 Å². The second-order valence-electron chi connectivity index (χ2n) is 7.08. The predicted molar refractivity (Wildman–Crippen MR) is 109 cm³/mol. The molecule has 7 nitrogen and oxygen atoms in total. The van der Waals surface area contributed by atoms with Crippen molar-refractivity contribution in [2.45, 2.75) is 25.5 Å². The van der Waals surface area contributed by atoms with E-state index in [0.717, 1.165) is 12.8 Å². The molecule has 1 N–H and O–H groups in total. The van der Waals surface area contributed by atoms with E-state index < -0.39 is 0 Å². The van der Waals surface area contributed by atoms with Crippen LogP contribution in [0, 0.1) is 0 Å².